The number of likely N-dealkylation sites (N-methyl/N-ethyl adjacent to an activating group) is 1. The normalized spacial score (nSPS) is 13.3. The van der Waals surface area contributed by atoms with E-state index >= 15 is 0 Å². The molecule has 438 valence electrons. The number of phosphoric ester groups is 1. The van der Waals surface area contributed by atoms with Gasteiger partial charge in [0.25, 0.3) is 7.82 Å². The lowest BCUT2D eigenvalue weighted by Gasteiger charge is -2.28. The Labute approximate surface area is 459 Å². The molecule has 9 nitrogen and oxygen atoms in total. The maximum atomic E-state index is 12.8. The van der Waals surface area contributed by atoms with Crippen LogP contribution in [-0.2, 0) is 32.7 Å². The van der Waals surface area contributed by atoms with Gasteiger partial charge < -0.3 is 27.9 Å². The number of nitrogens with zero attached hydrogens (tertiary/aromatic N) is 1. The number of unbranched alkanes of at least 4 members (excludes halogenated alkanes) is 42. The van der Waals surface area contributed by atoms with Gasteiger partial charge in [0.05, 0.1) is 27.7 Å². The molecule has 0 bridgehead atoms. The number of phosphoric acid groups is 1. The highest BCUT2D eigenvalue weighted by molar-refractivity contribution is 7.45. The molecule has 2 unspecified atom stereocenters. The lowest BCUT2D eigenvalue weighted by Crippen LogP contribution is -2.37. The molecule has 0 radical (unpaired) electrons. The van der Waals surface area contributed by atoms with Crippen LogP contribution in [-0.4, -0.2) is 70.0 Å². The van der Waals surface area contributed by atoms with Crippen molar-refractivity contribution >= 4 is 19.8 Å². The number of carbonyl (C=O) groups is 2. The zero-order valence-electron chi connectivity index (χ0n) is 49.8. The zero-order chi connectivity index (χ0) is 54.2. The van der Waals surface area contributed by atoms with Gasteiger partial charge in [-0.2, -0.15) is 0 Å². The highest BCUT2D eigenvalue weighted by Gasteiger charge is 2.22. The molecule has 0 aromatic rings. The fourth-order valence-electron chi connectivity index (χ4n) is 9.51. The number of hydrogen-bond donors (Lipinski definition) is 0. The first-order chi connectivity index (χ1) is 36.0. The standard InChI is InChI=1S/C64H124NO8P/c1-6-8-10-12-14-16-18-20-22-24-26-27-28-29-30-31-32-33-34-35-36-37-38-39-41-42-44-46-48-50-52-54-56-63(66)70-60-62(61-72-74(68,69)71-59-58-65(3,4)5)73-64(67)57-55-53-51-49-47-45-43-40-25-23-21-19-17-15-13-11-9-7-2/h17,19,23,25,62H,6-16,18,20-22,24,26-61H2,1-5H3/b19-17-,25-23-. The number of esters is 2. The molecule has 0 N–H and O–H groups in total. The van der Waals surface area contributed by atoms with Crippen LogP contribution in [0.3, 0.4) is 0 Å². The van der Waals surface area contributed by atoms with Crippen LogP contribution in [0, 0.1) is 0 Å². The van der Waals surface area contributed by atoms with E-state index in [0.717, 1.165) is 51.4 Å². The van der Waals surface area contributed by atoms with Gasteiger partial charge >= 0.3 is 11.9 Å². The average Bonchev–Trinajstić information content (AvgIpc) is 3.36. The molecule has 0 saturated carbocycles. The first-order valence-electron chi connectivity index (χ1n) is 32.0. The summed E-state index contributed by atoms with van der Waals surface area (Å²) in [6.45, 7) is 4.27. The summed E-state index contributed by atoms with van der Waals surface area (Å²) in [4.78, 5) is 37.9. The Bertz CT molecular complexity index is 1300. The quantitative estimate of drug-likeness (QED) is 0.0195. The molecule has 2 atom stereocenters. The van der Waals surface area contributed by atoms with Crippen LogP contribution in [0.1, 0.15) is 322 Å². The van der Waals surface area contributed by atoms with E-state index in [0.29, 0.717) is 17.4 Å². The van der Waals surface area contributed by atoms with Crippen molar-refractivity contribution in [2.75, 3.05) is 47.5 Å². The Kier molecular flexibility index (Phi) is 55.1. The third-order valence-electron chi connectivity index (χ3n) is 14.5. The van der Waals surface area contributed by atoms with Crippen molar-refractivity contribution < 1.29 is 42.1 Å². The molecule has 74 heavy (non-hydrogen) atoms. The minimum atomic E-state index is -4.64. The summed E-state index contributed by atoms with van der Waals surface area (Å²) in [5.74, 6) is -0.825. The number of allylic oxidation sites excluding steroid dienone is 4. The molecule has 0 aliphatic rings. The van der Waals surface area contributed by atoms with Gasteiger partial charge in [-0.25, -0.2) is 0 Å². The number of carbonyl (C=O) groups excluding carboxylic acids is 2. The second kappa shape index (κ2) is 56.2. The molecule has 0 aromatic heterocycles. The van der Waals surface area contributed by atoms with Crippen molar-refractivity contribution in [2.24, 2.45) is 0 Å². The Hall–Kier alpha value is -1.51. The summed E-state index contributed by atoms with van der Waals surface area (Å²) in [6, 6.07) is 0. The highest BCUT2D eigenvalue weighted by Crippen LogP contribution is 2.38. The monoisotopic (exact) mass is 1070 g/mol. The van der Waals surface area contributed by atoms with Crippen molar-refractivity contribution in [2.45, 2.75) is 328 Å². The maximum Gasteiger partial charge on any atom is 0.306 e. The van der Waals surface area contributed by atoms with E-state index in [4.69, 9.17) is 18.5 Å². The van der Waals surface area contributed by atoms with Crippen LogP contribution in [0.4, 0.5) is 0 Å². The summed E-state index contributed by atoms with van der Waals surface area (Å²) in [5, 5.41) is 0. The summed E-state index contributed by atoms with van der Waals surface area (Å²) in [7, 11) is 1.18. The predicted octanol–water partition coefficient (Wildman–Crippen LogP) is 19.5. The molecular formula is C64H124NO8P. The van der Waals surface area contributed by atoms with Gasteiger partial charge in [0.1, 0.15) is 19.8 Å². The van der Waals surface area contributed by atoms with Crippen molar-refractivity contribution in [1.82, 2.24) is 0 Å². The van der Waals surface area contributed by atoms with E-state index in [-0.39, 0.29) is 32.0 Å². The van der Waals surface area contributed by atoms with Gasteiger partial charge in [-0.15, -0.1) is 0 Å². The van der Waals surface area contributed by atoms with E-state index in [1.54, 1.807) is 0 Å². The van der Waals surface area contributed by atoms with Gasteiger partial charge in [-0.1, -0.05) is 289 Å². The molecule has 0 heterocycles. The molecule has 0 spiro atoms. The Morgan fingerprint density at radius 3 is 1.08 bits per heavy atom. The molecule has 0 rings (SSSR count). The molecule has 0 fully saturated rings. The van der Waals surface area contributed by atoms with Crippen molar-refractivity contribution in [3.05, 3.63) is 24.3 Å². The van der Waals surface area contributed by atoms with E-state index < -0.39 is 26.5 Å². The van der Waals surface area contributed by atoms with E-state index in [1.807, 2.05) is 21.1 Å². The zero-order valence-corrected chi connectivity index (χ0v) is 50.7. The van der Waals surface area contributed by atoms with Crippen LogP contribution in [0.2, 0.25) is 0 Å². The van der Waals surface area contributed by atoms with E-state index in [2.05, 4.69) is 38.2 Å². The van der Waals surface area contributed by atoms with Crippen LogP contribution in [0.5, 0.6) is 0 Å². The minimum absolute atomic E-state index is 0.0301. The average molecular weight is 1070 g/mol. The molecule has 10 heteroatoms. The van der Waals surface area contributed by atoms with Gasteiger partial charge in [0.15, 0.2) is 6.10 Å². The first kappa shape index (κ1) is 72.5. The van der Waals surface area contributed by atoms with Crippen molar-refractivity contribution in [3.8, 4) is 0 Å². The summed E-state index contributed by atoms with van der Waals surface area (Å²) in [6.07, 6.45) is 68.3. The Morgan fingerprint density at radius 1 is 0.419 bits per heavy atom. The molecule has 0 amide bonds. The number of ether oxygens (including phenoxy) is 2. The lowest BCUT2D eigenvalue weighted by molar-refractivity contribution is -0.870. The van der Waals surface area contributed by atoms with Crippen LogP contribution in [0.15, 0.2) is 24.3 Å². The third kappa shape index (κ3) is 59.7. The van der Waals surface area contributed by atoms with Crippen molar-refractivity contribution in [1.29, 1.82) is 0 Å². The molecule has 0 aromatic carbocycles. The smallest absolute Gasteiger partial charge is 0.306 e. The van der Waals surface area contributed by atoms with Gasteiger partial charge in [-0.3, -0.25) is 14.2 Å². The summed E-state index contributed by atoms with van der Waals surface area (Å²) >= 11 is 0. The fraction of sp³-hybridized carbons (Fsp3) is 0.906. The Morgan fingerprint density at radius 2 is 0.730 bits per heavy atom. The van der Waals surface area contributed by atoms with Crippen LogP contribution >= 0.6 is 7.82 Å². The largest absolute Gasteiger partial charge is 0.756 e. The molecular weight excluding hydrogens is 942 g/mol. The number of rotatable bonds is 60. The predicted molar refractivity (Wildman–Crippen MR) is 314 cm³/mol. The van der Waals surface area contributed by atoms with Gasteiger partial charge in [0, 0.05) is 12.8 Å². The number of quaternary nitrogens is 1. The first-order valence-corrected chi connectivity index (χ1v) is 33.5. The number of hydrogen-bond acceptors (Lipinski definition) is 8. The van der Waals surface area contributed by atoms with Crippen LogP contribution in [0.25, 0.3) is 0 Å². The minimum Gasteiger partial charge on any atom is -0.756 e. The fourth-order valence-corrected chi connectivity index (χ4v) is 10.2. The summed E-state index contributed by atoms with van der Waals surface area (Å²) in [5.41, 5.74) is 0. The molecule has 0 saturated heterocycles. The van der Waals surface area contributed by atoms with E-state index in [9.17, 15) is 19.0 Å². The van der Waals surface area contributed by atoms with Gasteiger partial charge in [-0.05, 0) is 44.9 Å². The molecule has 0 aliphatic heterocycles. The third-order valence-corrected chi connectivity index (χ3v) is 15.4. The van der Waals surface area contributed by atoms with Crippen molar-refractivity contribution in [3.63, 3.8) is 0 Å². The lowest BCUT2D eigenvalue weighted by atomic mass is 10.0. The topological polar surface area (TPSA) is 111 Å². The second-order valence-electron chi connectivity index (χ2n) is 23.1. The SMILES string of the molecule is CCCCCC/C=C\C/C=C\CCCCCCCCCC(=O)OC(COC(=O)CCCCCCCCCCCCCCCCCCCCCCCCCCCCCCCCCC)COP(=O)([O-])OCC[N+](C)(C)C. The maximum absolute atomic E-state index is 12.8. The second-order valence-corrected chi connectivity index (χ2v) is 24.5. The van der Waals surface area contributed by atoms with Gasteiger partial charge in [0.2, 0.25) is 0 Å². The highest BCUT2D eigenvalue weighted by atomic mass is 31.2. The van der Waals surface area contributed by atoms with Crippen LogP contribution < -0.4 is 4.89 Å². The summed E-state index contributed by atoms with van der Waals surface area (Å²) < 4.78 is 34.2. The molecule has 0 aliphatic carbocycles. The Balaban J connectivity index is 3.98. The van der Waals surface area contributed by atoms with E-state index in [1.165, 1.54) is 238 Å².